The highest BCUT2D eigenvalue weighted by Crippen LogP contribution is 2.31. The molecule has 5 aromatic rings. The molecule has 0 fully saturated rings. The molecule has 0 atom stereocenters. The molecule has 31 heavy (non-hydrogen) atoms. The summed E-state index contributed by atoms with van der Waals surface area (Å²) < 4.78 is 10.7. The summed E-state index contributed by atoms with van der Waals surface area (Å²) in [5, 5.41) is 13.8. The lowest BCUT2D eigenvalue weighted by molar-refractivity contribution is 0.355. The molecule has 0 aliphatic carbocycles. The Bertz CT molecular complexity index is 1370. The normalized spacial score (nSPS) is 10.9. The fraction of sp³-hybridized carbons (Fsp3) is 0.0909. The maximum absolute atomic E-state index is 5.38. The average Bonchev–Trinajstić information content (AvgIpc) is 3.33. The molecule has 9 nitrogen and oxygen atoms in total. The molecule has 5 rings (SSSR count). The van der Waals surface area contributed by atoms with Crippen LogP contribution in [0, 0.1) is 0 Å². The highest BCUT2D eigenvalue weighted by Gasteiger charge is 2.16. The van der Waals surface area contributed by atoms with Gasteiger partial charge < -0.3 is 9.47 Å². The number of methoxy groups -OCH3 is 2. The molecule has 0 saturated heterocycles. The van der Waals surface area contributed by atoms with Crippen LogP contribution in [-0.2, 0) is 0 Å². The monoisotopic (exact) mass is 411 g/mol. The second-order valence-electron chi connectivity index (χ2n) is 6.60. The Hall–Kier alpha value is -4.40. The Morgan fingerprint density at radius 3 is 2.48 bits per heavy atom. The first kappa shape index (κ1) is 18.6. The first-order valence-corrected chi connectivity index (χ1v) is 9.47. The summed E-state index contributed by atoms with van der Waals surface area (Å²) in [6, 6.07) is 16.9. The van der Waals surface area contributed by atoms with Crippen molar-refractivity contribution < 1.29 is 9.47 Å². The molecule has 2 aromatic carbocycles. The van der Waals surface area contributed by atoms with E-state index in [0.29, 0.717) is 29.0 Å². The van der Waals surface area contributed by atoms with Gasteiger partial charge in [0.2, 0.25) is 5.82 Å². The van der Waals surface area contributed by atoms with Crippen LogP contribution in [0.2, 0.25) is 0 Å². The molecule has 0 aliphatic heterocycles. The molecule has 0 aliphatic rings. The third-order valence-corrected chi connectivity index (χ3v) is 4.75. The van der Waals surface area contributed by atoms with E-state index in [4.69, 9.17) is 14.5 Å². The molecule has 0 spiro atoms. The van der Waals surface area contributed by atoms with Crippen molar-refractivity contribution in [2.24, 2.45) is 0 Å². The largest absolute Gasteiger partial charge is 0.493 e. The SMILES string of the molecule is COc1ccc(-c2nnn(-c3nc(-c4cccnc4)nc4ccccc34)n2)cc1OC. The third-order valence-electron chi connectivity index (χ3n) is 4.75. The number of aromatic nitrogens is 7. The van der Waals surface area contributed by atoms with Crippen molar-refractivity contribution in [3.05, 3.63) is 67.0 Å². The van der Waals surface area contributed by atoms with Crippen molar-refractivity contribution in [2.45, 2.75) is 0 Å². The third kappa shape index (κ3) is 3.42. The molecule has 0 radical (unpaired) electrons. The van der Waals surface area contributed by atoms with Gasteiger partial charge in [0.1, 0.15) is 0 Å². The smallest absolute Gasteiger partial charge is 0.205 e. The topological polar surface area (TPSA) is 101 Å². The van der Waals surface area contributed by atoms with Gasteiger partial charge in [0.15, 0.2) is 23.1 Å². The number of pyridine rings is 1. The molecule has 0 bridgehead atoms. The summed E-state index contributed by atoms with van der Waals surface area (Å²) in [7, 11) is 3.17. The first-order valence-electron chi connectivity index (χ1n) is 9.47. The van der Waals surface area contributed by atoms with Crippen LogP contribution in [0.4, 0.5) is 0 Å². The summed E-state index contributed by atoms with van der Waals surface area (Å²) in [6.07, 6.45) is 3.43. The van der Waals surface area contributed by atoms with E-state index in [-0.39, 0.29) is 0 Å². The molecule has 0 saturated carbocycles. The van der Waals surface area contributed by atoms with Gasteiger partial charge in [-0.3, -0.25) is 4.98 Å². The first-order chi connectivity index (χ1) is 15.3. The van der Waals surface area contributed by atoms with E-state index in [1.54, 1.807) is 38.7 Å². The number of rotatable bonds is 5. The number of ether oxygens (including phenoxy) is 2. The molecule has 3 heterocycles. The van der Waals surface area contributed by atoms with Crippen LogP contribution in [0.3, 0.4) is 0 Å². The summed E-state index contributed by atoms with van der Waals surface area (Å²) in [6.45, 7) is 0. The quantitative estimate of drug-likeness (QED) is 0.434. The highest BCUT2D eigenvalue weighted by molar-refractivity contribution is 5.86. The zero-order chi connectivity index (χ0) is 21.2. The number of nitrogens with zero attached hydrogens (tertiary/aromatic N) is 7. The molecular weight excluding hydrogens is 394 g/mol. The number of para-hydroxylation sites is 1. The van der Waals surface area contributed by atoms with Gasteiger partial charge >= 0.3 is 0 Å². The molecule has 0 unspecified atom stereocenters. The molecule has 9 heteroatoms. The Labute approximate surface area is 177 Å². The summed E-state index contributed by atoms with van der Waals surface area (Å²) in [5.41, 5.74) is 2.32. The summed E-state index contributed by atoms with van der Waals surface area (Å²) in [4.78, 5) is 15.0. The van der Waals surface area contributed by atoms with Gasteiger partial charge in [0, 0.05) is 28.9 Å². The fourth-order valence-electron chi connectivity index (χ4n) is 3.23. The molecule has 0 N–H and O–H groups in total. The van der Waals surface area contributed by atoms with Crippen molar-refractivity contribution >= 4 is 10.9 Å². The Morgan fingerprint density at radius 1 is 0.806 bits per heavy atom. The van der Waals surface area contributed by atoms with E-state index in [0.717, 1.165) is 22.0 Å². The molecule has 3 aromatic heterocycles. The van der Waals surface area contributed by atoms with Crippen molar-refractivity contribution in [1.29, 1.82) is 0 Å². The number of benzene rings is 2. The number of tetrazole rings is 1. The zero-order valence-electron chi connectivity index (χ0n) is 16.8. The van der Waals surface area contributed by atoms with Gasteiger partial charge in [-0.05, 0) is 47.7 Å². The molecule has 0 amide bonds. The standard InChI is InChI=1S/C22H17N7O2/c1-30-18-10-9-14(12-19(18)31-2)21-26-28-29(27-21)22-16-7-3-4-8-17(16)24-20(25-22)15-6-5-11-23-13-15/h3-13H,1-2H3. The number of fused-ring (bicyclic) bond motifs is 1. The van der Waals surface area contributed by atoms with Crippen molar-refractivity contribution in [2.75, 3.05) is 14.2 Å². The van der Waals surface area contributed by atoms with Crippen LogP contribution in [0.15, 0.2) is 67.0 Å². The summed E-state index contributed by atoms with van der Waals surface area (Å²) >= 11 is 0. The van der Waals surface area contributed by atoms with Crippen LogP contribution < -0.4 is 9.47 Å². The minimum atomic E-state index is 0.437. The van der Waals surface area contributed by atoms with Gasteiger partial charge in [-0.1, -0.05) is 12.1 Å². The Balaban J connectivity index is 1.63. The number of hydrogen-bond donors (Lipinski definition) is 0. The van der Waals surface area contributed by atoms with Gasteiger partial charge in [-0.15, -0.1) is 15.0 Å². The van der Waals surface area contributed by atoms with Crippen LogP contribution in [0.1, 0.15) is 0 Å². The van der Waals surface area contributed by atoms with E-state index in [1.165, 1.54) is 4.80 Å². The van der Waals surface area contributed by atoms with Crippen LogP contribution in [0.25, 0.3) is 39.5 Å². The van der Waals surface area contributed by atoms with Gasteiger partial charge in [0.25, 0.3) is 0 Å². The maximum atomic E-state index is 5.38. The van der Waals surface area contributed by atoms with Crippen molar-refractivity contribution in [3.63, 3.8) is 0 Å². The number of hydrogen-bond acceptors (Lipinski definition) is 8. The van der Waals surface area contributed by atoms with E-state index in [9.17, 15) is 0 Å². The second kappa shape index (κ2) is 7.79. The van der Waals surface area contributed by atoms with Crippen LogP contribution in [0.5, 0.6) is 11.5 Å². The minimum Gasteiger partial charge on any atom is -0.493 e. The predicted molar refractivity (Wildman–Crippen MR) is 114 cm³/mol. The Morgan fingerprint density at radius 2 is 1.68 bits per heavy atom. The van der Waals surface area contributed by atoms with Gasteiger partial charge in [-0.25, -0.2) is 9.97 Å². The van der Waals surface area contributed by atoms with E-state index >= 15 is 0 Å². The Kier molecular flexibility index (Phi) is 4.68. The van der Waals surface area contributed by atoms with Crippen LogP contribution in [-0.4, -0.2) is 49.4 Å². The lowest BCUT2D eigenvalue weighted by atomic mass is 10.2. The van der Waals surface area contributed by atoms with E-state index < -0.39 is 0 Å². The van der Waals surface area contributed by atoms with Gasteiger partial charge in [-0.2, -0.15) is 0 Å². The highest BCUT2D eigenvalue weighted by atomic mass is 16.5. The molecular formula is C22H17N7O2. The lowest BCUT2D eigenvalue weighted by Crippen LogP contribution is -2.06. The summed E-state index contributed by atoms with van der Waals surface area (Å²) in [5.74, 6) is 2.71. The fourth-order valence-corrected chi connectivity index (χ4v) is 3.23. The lowest BCUT2D eigenvalue weighted by Gasteiger charge is -2.08. The van der Waals surface area contributed by atoms with Crippen LogP contribution >= 0.6 is 0 Å². The second-order valence-corrected chi connectivity index (χ2v) is 6.60. The van der Waals surface area contributed by atoms with Gasteiger partial charge in [0.05, 0.1) is 19.7 Å². The van der Waals surface area contributed by atoms with E-state index in [1.807, 2.05) is 42.5 Å². The van der Waals surface area contributed by atoms with E-state index in [2.05, 4.69) is 25.4 Å². The maximum Gasteiger partial charge on any atom is 0.205 e. The molecule has 152 valence electrons. The average molecular weight is 411 g/mol. The van der Waals surface area contributed by atoms with Crippen molar-refractivity contribution in [1.82, 2.24) is 35.2 Å². The minimum absolute atomic E-state index is 0.437. The zero-order valence-corrected chi connectivity index (χ0v) is 16.8. The van der Waals surface area contributed by atoms with Crippen molar-refractivity contribution in [3.8, 4) is 40.1 Å². The predicted octanol–water partition coefficient (Wildman–Crippen LogP) is 3.35.